The van der Waals surface area contributed by atoms with Crippen LogP contribution in [0.2, 0.25) is 0 Å². The molecule has 176 valence electrons. The van der Waals surface area contributed by atoms with Crippen LogP contribution < -0.4 is 4.90 Å². The maximum atomic E-state index is 12.8. The molecule has 3 aromatic rings. The first-order chi connectivity index (χ1) is 16.9. The number of anilines is 1. The van der Waals surface area contributed by atoms with Gasteiger partial charge in [-0.3, -0.25) is 29.4 Å². The third kappa shape index (κ3) is 4.19. The topological polar surface area (TPSA) is 130 Å². The summed E-state index contributed by atoms with van der Waals surface area (Å²) in [5, 5.41) is 19.6. The molecule has 1 aromatic heterocycles. The van der Waals surface area contributed by atoms with Crippen LogP contribution >= 0.6 is 0 Å². The number of rotatable bonds is 5. The van der Waals surface area contributed by atoms with Gasteiger partial charge in [-0.15, -0.1) is 10.2 Å². The molecule has 35 heavy (non-hydrogen) atoms. The van der Waals surface area contributed by atoms with Crippen LogP contribution in [0.25, 0.3) is 11.3 Å². The van der Waals surface area contributed by atoms with Crippen molar-refractivity contribution in [3.8, 4) is 11.3 Å². The van der Waals surface area contributed by atoms with Gasteiger partial charge in [-0.1, -0.05) is 30.3 Å². The second-order valence-electron chi connectivity index (χ2n) is 8.19. The van der Waals surface area contributed by atoms with Crippen LogP contribution in [-0.4, -0.2) is 75.4 Å². The second-order valence-corrected chi connectivity index (χ2v) is 8.19. The Morgan fingerprint density at radius 2 is 1.60 bits per heavy atom. The third-order valence-electron chi connectivity index (χ3n) is 6.13. The van der Waals surface area contributed by atoms with E-state index in [0.717, 1.165) is 22.2 Å². The lowest BCUT2D eigenvalue weighted by Crippen LogP contribution is -2.52. The van der Waals surface area contributed by atoms with E-state index < -0.39 is 23.3 Å². The highest BCUT2D eigenvalue weighted by Crippen LogP contribution is 2.27. The number of amides is 3. The lowest BCUT2D eigenvalue weighted by atomic mass is 10.1. The minimum Gasteiger partial charge on any atom is -0.352 e. The molecule has 0 radical (unpaired) electrons. The first kappa shape index (κ1) is 22.1. The Hall–Kier alpha value is -4.67. The number of hydrogen-bond acceptors (Lipinski definition) is 8. The Labute approximate surface area is 199 Å². The lowest BCUT2D eigenvalue weighted by molar-refractivity contribution is -0.384. The summed E-state index contributed by atoms with van der Waals surface area (Å²) in [5.41, 5.74) is 1.48. The van der Waals surface area contributed by atoms with Crippen LogP contribution in [0.1, 0.15) is 20.7 Å². The molecule has 0 unspecified atom stereocenters. The van der Waals surface area contributed by atoms with Gasteiger partial charge in [0.1, 0.15) is 6.54 Å². The zero-order valence-electron chi connectivity index (χ0n) is 18.5. The van der Waals surface area contributed by atoms with Crippen LogP contribution in [-0.2, 0) is 4.79 Å². The maximum Gasteiger partial charge on any atom is 0.270 e. The van der Waals surface area contributed by atoms with Gasteiger partial charge in [0, 0.05) is 43.9 Å². The van der Waals surface area contributed by atoms with Crippen molar-refractivity contribution in [1.29, 1.82) is 0 Å². The average molecular weight is 472 g/mol. The number of hydrogen-bond donors (Lipinski definition) is 0. The van der Waals surface area contributed by atoms with Crippen molar-refractivity contribution in [3.63, 3.8) is 0 Å². The highest BCUT2D eigenvalue weighted by Gasteiger charge is 2.38. The van der Waals surface area contributed by atoms with Crippen LogP contribution in [0, 0.1) is 10.1 Å². The van der Waals surface area contributed by atoms with Crippen molar-refractivity contribution >= 4 is 29.2 Å². The van der Waals surface area contributed by atoms with Gasteiger partial charge < -0.3 is 9.80 Å². The standard InChI is InChI=1S/C24H20N6O5/c31-22(15-29-23(32)18-7-6-17(30(34)35)14-19(18)24(29)33)28-12-10-27(11-13-28)21-9-8-20(25-26-21)16-4-2-1-3-5-16/h1-9,14H,10-13,15H2. The van der Waals surface area contributed by atoms with E-state index in [9.17, 15) is 24.5 Å². The number of benzene rings is 2. The molecule has 0 atom stereocenters. The number of nitrogens with zero attached hydrogens (tertiary/aromatic N) is 6. The minimum absolute atomic E-state index is 0.0562. The molecule has 0 N–H and O–H groups in total. The summed E-state index contributed by atoms with van der Waals surface area (Å²) in [7, 11) is 0. The van der Waals surface area contributed by atoms with E-state index >= 15 is 0 Å². The van der Waals surface area contributed by atoms with Gasteiger partial charge in [-0.25, -0.2) is 0 Å². The average Bonchev–Trinajstić information content (AvgIpc) is 3.13. The predicted octanol–water partition coefficient (Wildman–Crippen LogP) is 2.00. The Balaban J connectivity index is 1.19. The highest BCUT2D eigenvalue weighted by molar-refractivity contribution is 6.22. The highest BCUT2D eigenvalue weighted by atomic mass is 16.6. The van der Waals surface area contributed by atoms with Crippen LogP contribution in [0.3, 0.4) is 0 Å². The molecule has 1 fully saturated rings. The number of nitro groups is 1. The van der Waals surface area contributed by atoms with Crippen LogP contribution in [0.15, 0.2) is 60.7 Å². The molecular weight excluding hydrogens is 452 g/mol. The van der Waals surface area contributed by atoms with Gasteiger partial charge >= 0.3 is 0 Å². The number of carbonyl (C=O) groups is 3. The molecule has 5 rings (SSSR count). The van der Waals surface area contributed by atoms with Gasteiger partial charge in [0.2, 0.25) is 5.91 Å². The van der Waals surface area contributed by atoms with Crippen molar-refractivity contribution in [2.24, 2.45) is 0 Å². The van der Waals surface area contributed by atoms with Gasteiger partial charge in [-0.2, -0.15) is 0 Å². The van der Waals surface area contributed by atoms with Crippen molar-refractivity contribution in [1.82, 2.24) is 20.0 Å². The molecule has 0 bridgehead atoms. The maximum absolute atomic E-state index is 12.8. The number of imide groups is 1. The Morgan fingerprint density at radius 3 is 2.26 bits per heavy atom. The molecular formula is C24H20N6O5. The molecule has 2 aromatic carbocycles. The van der Waals surface area contributed by atoms with Crippen molar-refractivity contribution in [2.75, 3.05) is 37.6 Å². The van der Waals surface area contributed by atoms with E-state index in [1.807, 2.05) is 47.4 Å². The number of carbonyl (C=O) groups excluding carboxylic acids is 3. The summed E-state index contributed by atoms with van der Waals surface area (Å²) in [5.74, 6) is -0.979. The Kier molecular flexibility index (Phi) is 5.65. The molecule has 0 saturated carbocycles. The summed E-state index contributed by atoms with van der Waals surface area (Å²) in [6.45, 7) is 1.44. The van der Waals surface area contributed by atoms with Gasteiger partial charge in [0.15, 0.2) is 5.82 Å². The van der Waals surface area contributed by atoms with Gasteiger partial charge in [0.25, 0.3) is 17.5 Å². The van der Waals surface area contributed by atoms with Gasteiger partial charge in [0.05, 0.1) is 21.7 Å². The third-order valence-corrected chi connectivity index (χ3v) is 6.13. The fourth-order valence-electron chi connectivity index (χ4n) is 4.21. The van der Waals surface area contributed by atoms with Crippen molar-refractivity contribution < 1.29 is 19.3 Å². The first-order valence-corrected chi connectivity index (χ1v) is 11.0. The fourth-order valence-corrected chi connectivity index (χ4v) is 4.21. The SMILES string of the molecule is O=C(CN1C(=O)c2ccc([N+](=O)[O-])cc2C1=O)N1CCN(c2ccc(-c3ccccc3)nn2)CC1. The molecule has 2 aliphatic heterocycles. The second kappa shape index (κ2) is 8.93. The largest absolute Gasteiger partial charge is 0.352 e. The molecule has 1 saturated heterocycles. The van der Waals surface area contributed by atoms with E-state index in [1.54, 1.807) is 4.90 Å². The van der Waals surface area contributed by atoms with E-state index in [4.69, 9.17) is 0 Å². The number of aromatic nitrogens is 2. The summed E-state index contributed by atoms with van der Waals surface area (Å²) in [6.07, 6.45) is 0. The molecule has 2 aliphatic rings. The number of fused-ring (bicyclic) bond motifs is 1. The van der Waals surface area contributed by atoms with E-state index in [1.165, 1.54) is 12.1 Å². The minimum atomic E-state index is -0.700. The smallest absolute Gasteiger partial charge is 0.270 e. The molecule has 3 amide bonds. The summed E-state index contributed by atoms with van der Waals surface area (Å²) in [4.78, 5) is 52.9. The number of non-ortho nitro benzene ring substituents is 1. The quantitative estimate of drug-likeness (QED) is 0.313. The predicted molar refractivity (Wildman–Crippen MR) is 125 cm³/mol. The number of nitro benzene ring substituents is 1. The summed E-state index contributed by atoms with van der Waals surface area (Å²) in [6, 6.07) is 17.0. The van der Waals surface area contributed by atoms with Crippen molar-refractivity contribution in [3.05, 3.63) is 81.9 Å². The van der Waals surface area contributed by atoms with Crippen LogP contribution in [0.4, 0.5) is 11.5 Å². The molecule has 0 spiro atoms. The summed E-state index contributed by atoms with van der Waals surface area (Å²) >= 11 is 0. The van der Waals surface area contributed by atoms with E-state index in [-0.39, 0.29) is 22.7 Å². The molecule has 3 heterocycles. The number of piperazine rings is 1. The first-order valence-electron chi connectivity index (χ1n) is 11.0. The zero-order valence-corrected chi connectivity index (χ0v) is 18.5. The molecule has 11 nitrogen and oxygen atoms in total. The fraction of sp³-hybridized carbons (Fsp3) is 0.208. The zero-order chi connectivity index (χ0) is 24.5. The Bertz CT molecular complexity index is 1320. The van der Waals surface area contributed by atoms with Crippen molar-refractivity contribution in [2.45, 2.75) is 0 Å². The van der Waals surface area contributed by atoms with Crippen LogP contribution in [0.5, 0.6) is 0 Å². The monoisotopic (exact) mass is 472 g/mol. The van der Waals surface area contributed by atoms with E-state index in [0.29, 0.717) is 32.0 Å². The molecule has 11 heteroatoms. The Morgan fingerprint density at radius 1 is 0.886 bits per heavy atom. The van der Waals surface area contributed by atoms with Gasteiger partial charge in [-0.05, 0) is 18.2 Å². The summed E-state index contributed by atoms with van der Waals surface area (Å²) < 4.78 is 0. The lowest BCUT2D eigenvalue weighted by Gasteiger charge is -2.35. The normalized spacial score (nSPS) is 15.4. The van der Waals surface area contributed by atoms with E-state index in [2.05, 4.69) is 10.2 Å². The molecule has 0 aliphatic carbocycles.